The van der Waals surface area contributed by atoms with Crippen LogP contribution in [-0.4, -0.2) is 38.2 Å². The monoisotopic (exact) mass is 424 g/mol. The molecule has 14 heteroatoms. The molecule has 2 aromatic heterocycles. The van der Waals surface area contributed by atoms with Gasteiger partial charge in [0.1, 0.15) is 12.0 Å². The van der Waals surface area contributed by atoms with Crippen molar-refractivity contribution in [3.8, 4) is 5.75 Å². The summed E-state index contributed by atoms with van der Waals surface area (Å²) in [4.78, 5) is 42.1. The molecule has 1 aliphatic heterocycles. The van der Waals surface area contributed by atoms with Gasteiger partial charge in [0.25, 0.3) is 5.56 Å². The van der Waals surface area contributed by atoms with Gasteiger partial charge in [0.05, 0.1) is 24.9 Å². The van der Waals surface area contributed by atoms with E-state index >= 15 is 0 Å². The summed E-state index contributed by atoms with van der Waals surface area (Å²) in [7, 11) is -4.50. The number of hydrogen-bond acceptors (Lipinski definition) is 8. The Bertz CT molecular complexity index is 1080. The van der Waals surface area contributed by atoms with E-state index in [-0.39, 0.29) is 17.7 Å². The van der Waals surface area contributed by atoms with E-state index in [1.165, 1.54) is 37.6 Å². The van der Waals surface area contributed by atoms with E-state index in [2.05, 4.69) is 20.0 Å². The number of aromatic nitrogens is 3. The summed E-state index contributed by atoms with van der Waals surface area (Å²) >= 11 is 0. The molecule has 2 aromatic rings. The Labute approximate surface area is 163 Å². The molecule has 0 spiro atoms. The molecule has 0 aliphatic carbocycles. The van der Waals surface area contributed by atoms with Crippen LogP contribution in [0.2, 0.25) is 0 Å². The van der Waals surface area contributed by atoms with Crippen molar-refractivity contribution in [2.24, 2.45) is 5.11 Å². The van der Waals surface area contributed by atoms with Gasteiger partial charge >= 0.3 is 13.5 Å². The highest BCUT2D eigenvalue weighted by atomic mass is 31.2. The third kappa shape index (κ3) is 5.11. The van der Waals surface area contributed by atoms with Gasteiger partial charge in [-0.05, 0) is 24.6 Å². The fraction of sp³-hybridized carbons (Fsp3) is 0.400. The fourth-order valence-corrected chi connectivity index (χ4v) is 3.51. The maximum atomic E-state index is 12.1. The summed E-state index contributed by atoms with van der Waals surface area (Å²) in [5, 5.41) is 3.60. The zero-order chi connectivity index (χ0) is 21.0. The van der Waals surface area contributed by atoms with Crippen molar-refractivity contribution in [1.82, 2.24) is 14.5 Å². The van der Waals surface area contributed by atoms with Crippen LogP contribution in [0, 0.1) is 6.92 Å². The Kier molecular flexibility index (Phi) is 6.16. The first-order chi connectivity index (χ1) is 13.8. The highest BCUT2D eigenvalue weighted by Crippen LogP contribution is 2.44. The van der Waals surface area contributed by atoms with E-state index in [1.807, 2.05) is 0 Å². The number of H-pyrrole nitrogens is 1. The Morgan fingerprint density at radius 1 is 1.55 bits per heavy atom. The topological polar surface area (TPSA) is 182 Å². The molecule has 0 aromatic carbocycles. The molecule has 13 nitrogen and oxygen atoms in total. The average Bonchev–Trinajstić information content (AvgIpc) is 3.06. The third-order valence-corrected chi connectivity index (χ3v) is 5.03. The number of aryl methyl sites for hydroxylation is 1. The van der Waals surface area contributed by atoms with E-state index in [0.29, 0.717) is 0 Å². The molecule has 1 fully saturated rings. The van der Waals surface area contributed by atoms with Crippen molar-refractivity contribution in [3.05, 3.63) is 67.6 Å². The predicted molar refractivity (Wildman–Crippen MR) is 98.2 cm³/mol. The predicted octanol–water partition coefficient (Wildman–Crippen LogP) is 1.40. The molecule has 0 amide bonds. The first kappa shape index (κ1) is 20.8. The molecular weight excluding hydrogens is 407 g/mol. The van der Waals surface area contributed by atoms with Crippen molar-refractivity contribution < 1.29 is 23.2 Å². The summed E-state index contributed by atoms with van der Waals surface area (Å²) < 4.78 is 28.8. The molecule has 3 rings (SSSR count). The van der Waals surface area contributed by atoms with E-state index in [0.717, 1.165) is 4.57 Å². The van der Waals surface area contributed by atoms with E-state index in [4.69, 9.17) is 19.3 Å². The highest BCUT2D eigenvalue weighted by Gasteiger charge is 2.38. The number of pyridine rings is 1. The third-order valence-electron chi connectivity index (χ3n) is 4.12. The lowest BCUT2D eigenvalue weighted by atomic mass is 10.1. The average molecular weight is 424 g/mol. The van der Waals surface area contributed by atoms with Gasteiger partial charge < -0.3 is 9.26 Å². The number of hydrogen-bond donors (Lipinski definition) is 2. The van der Waals surface area contributed by atoms with Crippen LogP contribution < -0.4 is 15.8 Å². The van der Waals surface area contributed by atoms with E-state index in [1.54, 1.807) is 0 Å². The number of rotatable bonds is 7. The van der Waals surface area contributed by atoms with Gasteiger partial charge in [-0.25, -0.2) is 9.36 Å². The number of phosphoric acid groups is 1. The van der Waals surface area contributed by atoms with Crippen LogP contribution in [0.1, 0.15) is 18.2 Å². The summed E-state index contributed by atoms with van der Waals surface area (Å²) in [5.41, 5.74) is 7.84. The second kappa shape index (κ2) is 8.60. The van der Waals surface area contributed by atoms with E-state index in [9.17, 15) is 19.0 Å². The van der Waals surface area contributed by atoms with Crippen LogP contribution in [0.15, 0.2) is 45.4 Å². The molecule has 2 unspecified atom stereocenters. The van der Waals surface area contributed by atoms with Gasteiger partial charge in [-0.1, -0.05) is 5.11 Å². The van der Waals surface area contributed by atoms with Gasteiger partial charge in [-0.2, -0.15) is 0 Å². The zero-order valence-corrected chi connectivity index (χ0v) is 16.0. The largest absolute Gasteiger partial charge is 0.527 e. The standard InChI is InChI=1S/C15H17N6O7P/c1-9-7-21(15(23)18-14(9)22)13-5-11(19-20-16)12(27-13)8-26-29(24,25)28-10-3-2-4-17-6-10/h2-4,6-7,11-13H,5,8H2,1H3,(H,24,25)(H,18,22,23)/t11?,12-,13-/m1/s1. The normalized spacial score (nSPS) is 23.2. The molecular formula is C15H17N6O7P. The molecule has 0 saturated carbocycles. The number of aromatic amines is 1. The highest BCUT2D eigenvalue weighted by molar-refractivity contribution is 7.47. The molecule has 1 aliphatic rings. The summed E-state index contributed by atoms with van der Waals surface area (Å²) in [5.74, 6) is 0.0328. The molecule has 1 saturated heterocycles. The minimum absolute atomic E-state index is 0.0328. The molecule has 4 atom stereocenters. The van der Waals surface area contributed by atoms with Crippen LogP contribution >= 0.6 is 7.82 Å². The van der Waals surface area contributed by atoms with Crippen LogP contribution in [0.5, 0.6) is 5.75 Å². The van der Waals surface area contributed by atoms with Gasteiger partial charge in [0.15, 0.2) is 0 Å². The molecule has 154 valence electrons. The quantitative estimate of drug-likeness (QED) is 0.289. The minimum atomic E-state index is -4.50. The Hall–Kier alpha value is -2.95. The van der Waals surface area contributed by atoms with Crippen LogP contribution in [0.4, 0.5) is 0 Å². The number of nitrogens with one attached hydrogen (secondary N) is 1. The Morgan fingerprint density at radius 3 is 3.03 bits per heavy atom. The Balaban J connectivity index is 1.72. The Morgan fingerprint density at radius 2 is 2.34 bits per heavy atom. The SMILES string of the molecule is Cc1cn([C@H]2CC(N=[N+]=[N-])[C@@H](COP(=O)(O)Oc3cccnc3)O2)c(=O)[nH]c1=O. The minimum Gasteiger partial charge on any atom is -0.402 e. The molecule has 3 heterocycles. The maximum Gasteiger partial charge on any atom is 0.527 e. The van der Waals surface area contributed by atoms with Gasteiger partial charge in [0, 0.05) is 29.3 Å². The van der Waals surface area contributed by atoms with Gasteiger partial charge in [0.2, 0.25) is 0 Å². The van der Waals surface area contributed by atoms with Gasteiger partial charge in [-0.3, -0.25) is 28.7 Å². The second-order valence-corrected chi connectivity index (χ2v) is 7.54. The summed E-state index contributed by atoms with van der Waals surface area (Å²) in [6.07, 6.45) is 2.34. The molecule has 29 heavy (non-hydrogen) atoms. The number of phosphoric ester groups is 1. The summed E-state index contributed by atoms with van der Waals surface area (Å²) in [6, 6.07) is 2.17. The van der Waals surface area contributed by atoms with Crippen LogP contribution in [-0.2, 0) is 13.8 Å². The molecule has 0 bridgehead atoms. The number of nitrogens with zero attached hydrogens (tertiary/aromatic N) is 5. The number of ether oxygens (including phenoxy) is 1. The lowest BCUT2D eigenvalue weighted by Gasteiger charge is -2.18. The maximum absolute atomic E-state index is 12.1. The first-order valence-corrected chi connectivity index (χ1v) is 9.87. The van der Waals surface area contributed by atoms with Crippen LogP contribution in [0.3, 0.4) is 0 Å². The van der Waals surface area contributed by atoms with Crippen LogP contribution in [0.25, 0.3) is 10.4 Å². The van der Waals surface area contributed by atoms with Gasteiger partial charge in [-0.15, -0.1) is 0 Å². The first-order valence-electron chi connectivity index (χ1n) is 8.38. The molecule has 2 N–H and O–H groups in total. The van der Waals surface area contributed by atoms with Crippen molar-refractivity contribution in [1.29, 1.82) is 0 Å². The second-order valence-electron chi connectivity index (χ2n) is 6.16. The van der Waals surface area contributed by atoms with Crippen molar-refractivity contribution in [2.75, 3.05) is 6.61 Å². The molecule has 0 radical (unpaired) electrons. The summed E-state index contributed by atoms with van der Waals surface area (Å²) in [6.45, 7) is 1.08. The zero-order valence-electron chi connectivity index (χ0n) is 15.1. The number of azide groups is 1. The smallest absolute Gasteiger partial charge is 0.402 e. The van der Waals surface area contributed by atoms with Crippen molar-refractivity contribution in [3.63, 3.8) is 0 Å². The van der Waals surface area contributed by atoms with Crippen molar-refractivity contribution >= 4 is 7.82 Å². The lowest BCUT2D eigenvalue weighted by Crippen LogP contribution is -2.33. The van der Waals surface area contributed by atoms with E-state index < -0.39 is 44.1 Å². The van der Waals surface area contributed by atoms with Crippen molar-refractivity contribution in [2.45, 2.75) is 31.7 Å². The lowest BCUT2D eigenvalue weighted by molar-refractivity contribution is -0.0264. The fourth-order valence-electron chi connectivity index (χ4n) is 2.75.